The van der Waals surface area contributed by atoms with Crippen molar-refractivity contribution in [3.63, 3.8) is 0 Å². The minimum absolute atomic E-state index is 0.409. The van der Waals surface area contributed by atoms with Crippen LogP contribution in [0.25, 0.3) is 11.0 Å². The van der Waals surface area contributed by atoms with E-state index in [-0.39, 0.29) is 0 Å². The van der Waals surface area contributed by atoms with Crippen molar-refractivity contribution in [2.75, 3.05) is 43.1 Å². The van der Waals surface area contributed by atoms with E-state index in [9.17, 15) is 0 Å². The van der Waals surface area contributed by atoms with Gasteiger partial charge in [-0.2, -0.15) is 10.1 Å². The first kappa shape index (κ1) is 23.9. The Balaban J connectivity index is 2.03. The van der Waals surface area contributed by atoms with Gasteiger partial charge in [-0.3, -0.25) is 9.67 Å². The van der Waals surface area contributed by atoms with Crippen molar-refractivity contribution < 1.29 is 4.74 Å². The Morgan fingerprint density at radius 2 is 2.22 bits per heavy atom. The molecule has 1 aliphatic heterocycles. The van der Waals surface area contributed by atoms with Crippen LogP contribution in [0.4, 0.5) is 11.8 Å². The maximum atomic E-state index is 5.56. The Labute approximate surface area is 190 Å². The summed E-state index contributed by atoms with van der Waals surface area (Å²) in [5, 5.41) is 11.8. The molecule has 0 aromatic carbocycles. The normalized spacial score (nSPS) is 17.6. The third-order valence-electron chi connectivity index (χ3n) is 5.52. The molecular weight excluding hydrogens is 404 g/mol. The number of hydrogen-bond donors (Lipinski definition) is 2. The van der Waals surface area contributed by atoms with Gasteiger partial charge in [0.15, 0.2) is 5.82 Å². The molecule has 0 radical (unpaired) electrons. The van der Waals surface area contributed by atoms with Gasteiger partial charge in [-0.15, -0.1) is 0 Å². The van der Waals surface area contributed by atoms with Crippen LogP contribution in [0.2, 0.25) is 0 Å². The zero-order valence-corrected chi connectivity index (χ0v) is 19.9. The fourth-order valence-corrected chi connectivity index (χ4v) is 3.75. The van der Waals surface area contributed by atoms with E-state index in [0.29, 0.717) is 31.7 Å². The fraction of sp³-hybridized carbons (Fsp3) is 0.565. The van der Waals surface area contributed by atoms with Gasteiger partial charge >= 0.3 is 0 Å². The van der Waals surface area contributed by atoms with Gasteiger partial charge < -0.3 is 20.3 Å². The zero-order chi connectivity index (χ0) is 23.1. The molecule has 1 saturated heterocycles. The molecule has 0 saturated carbocycles. The highest BCUT2D eigenvalue weighted by Crippen LogP contribution is 2.28. The minimum Gasteiger partial charge on any atom is -0.380 e. The lowest BCUT2D eigenvalue weighted by atomic mass is 10.0. The summed E-state index contributed by atoms with van der Waals surface area (Å²) in [4.78, 5) is 16.2. The predicted molar refractivity (Wildman–Crippen MR) is 131 cm³/mol. The Morgan fingerprint density at radius 3 is 2.94 bits per heavy atom. The third kappa shape index (κ3) is 5.72. The number of ether oxygens (including phenoxy) is 1. The molecule has 0 aliphatic carbocycles. The molecule has 1 aliphatic rings. The molecule has 32 heavy (non-hydrogen) atoms. The maximum Gasteiger partial charge on any atom is 0.228 e. The molecule has 3 rings (SSSR count). The number of aliphatic imine (C=N–C) groups is 1. The average molecular weight is 441 g/mol. The lowest BCUT2D eigenvalue weighted by Crippen LogP contribution is -2.53. The van der Waals surface area contributed by atoms with Crippen LogP contribution < -0.4 is 15.5 Å². The highest BCUT2D eigenvalue weighted by Gasteiger charge is 2.25. The van der Waals surface area contributed by atoms with Crippen LogP contribution in [-0.2, 0) is 11.3 Å². The van der Waals surface area contributed by atoms with Crippen molar-refractivity contribution in [3.8, 4) is 0 Å². The highest BCUT2D eigenvalue weighted by molar-refractivity contribution is 5.89. The van der Waals surface area contributed by atoms with Gasteiger partial charge in [-0.1, -0.05) is 20.4 Å². The lowest BCUT2D eigenvalue weighted by molar-refractivity contribution is 0.137. The van der Waals surface area contributed by atoms with Crippen molar-refractivity contribution in [3.05, 3.63) is 30.2 Å². The second-order valence-electron chi connectivity index (χ2n) is 8.28. The van der Waals surface area contributed by atoms with E-state index in [1.807, 2.05) is 31.5 Å². The van der Waals surface area contributed by atoms with E-state index in [1.165, 1.54) is 6.20 Å². The molecule has 0 amide bonds. The van der Waals surface area contributed by atoms with Crippen LogP contribution in [0.15, 0.2) is 29.5 Å². The number of nitrogens with zero attached hydrogens (tertiary/aromatic N) is 6. The molecule has 3 heterocycles. The predicted octanol–water partition coefficient (Wildman–Crippen LogP) is 3.14. The van der Waals surface area contributed by atoms with Crippen molar-refractivity contribution >= 4 is 29.0 Å². The minimum atomic E-state index is 0.409. The van der Waals surface area contributed by atoms with Gasteiger partial charge in [-0.05, 0) is 32.8 Å². The summed E-state index contributed by atoms with van der Waals surface area (Å²) in [6.45, 7) is 18.6. The van der Waals surface area contributed by atoms with Gasteiger partial charge in [0.2, 0.25) is 5.95 Å². The number of allylic oxidation sites excluding steroid dienone is 2. The van der Waals surface area contributed by atoms with Crippen molar-refractivity contribution in [2.45, 2.75) is 47.2 Å². The van der Waals surface area contributed by atoms with E-state index in [2.05, 4.69) is 41.0 Å². The summed E-state index contributed by atoms with van der Waals surface area (Å²) in [6.07, 6.45) is 5.10. The highest BCUT2D eigenvalue weighted by atomic mass is 16.5. The molecule has 174 valence electrons. The Kier molecular flexibility index (Phi) is 8.35. The summed E-state index contributed by atoms with van der Waals surface area (Å²) < 4.78 is 7.50. The number of nitrogens with one attached hydrogen (secondary N) is 2. The van der Waals surface area contributed by atoms with Crippen LogP contribution in [-0.4, -0.2) is 64.9 Å². The second-order valence-corrected chi connectivity index (χ2v) is 8.28. The first-order valence-electron chi connectivity index (χ1n) is 11.3. The molecular formula is C23H36N8O. The monoisotopic (exact) mass is 440 g/mol. The topological polar surface area (TPSA) is 92.5 Å². The van der Waals surface area contributed by atoms with Crippen molar-refractivity contribution in [1.29, 1.82) is 0 Å². The second kappa shape index (κ2) is 11.2. The van der Waals surface area contributed by atoms with Gasteiger partial charge in [0.05, 0.1) is 18.8 Å². The first-order chi connectivity index (χ1) is 15.4. The number of hydrogen-bond acceptors (Lipinski definition) is 8. The molecule has 2 aromatic heterocycles. The van der Waals surface area contributed by atoms with Crippen LogP contribution in [0.3, 0.4) is 0 Å². The molecule has 2 N–H and O–H groups in total. The standard InChI is InChI=1S/C23H36N8O/c1-7-24-10-9-17(5)26-22-21-20(18(6)29-31(21)13-14-32-8-2)27-23(28-22)30-12-11-25-19(15-30)16(3)4/h7,9-10,16,19,25H,1,8,11-15H2,2-6H3,(H,26,27,28)/b17-9+,24-10-/t19-/m1/s1. The zero-order valence-electron chi connectivity index (χ0n) is 19.9. The Bertz CT molecular complexity index is 978. The van der Waals surface area contributed by atoms with Gasteiger partial charge in [0, 0.05) is 50.4 Å². The Morgan fingerprint density at radius 1 is 1.41 bits per heavy atom. The molecule has 1 fully saturated rings. The number of aromatic nitrogens is 4. The smallest absolute Gasteiger partial charge is 0.228 e. The SMILES string of the molecule is C=C/N=C\C=C(/C)Nc1nc(N2CCN[C@@H](C(C)C)C2)nc2c(C)nn(CCOCC)c12. The van der Waals surface area contributed by atoms with E-state index in [0.717, 1.165) is 53.8 Å². The number of anilines is 2. The van der Waals surface area contributed by atoms with Crippen LogP contribution in [0.5, 0.6) is 0 Å². The number of piperazine rings is 1. The van der Waals surface area contributed by atoms with E-state index < -0.39 is 0 Å². The van der Waals surface area contributed by atoms with Crippen LogP contribution in [0, 0.1) is 12.8 Å². The third-order valence-corrected chi connectivity index (χ3v) is 5.52. The van der Waals surface area contributed by atoms with E-state index in [1.54, 1.807) is 6.21 Å². The van der Waals surface area contributed by atoms with Crippen LogP contribution in [0.1, 0.15) is 33.4 Å². The van der Waals surface area contributed by atoms with Crippen molar-refractivity contribution in [1.82, 2.24) is 25.1 Å². The molecule has 0 unspecified atom stereocenters. The molecule has 9 nitrogen and oxygen atoms in total. The van der Waals surface area contributed by atoms with E-state index >= 15 is 0 Å². The summed E-state index contributed by atoms with van der Waals surface area (Å²) in [5.41, 5.74) is 3.54. The van der Waals surface area contributed by atoms with Gasteiger partial charge in [-0.25, -0.2) is 4.98 Å². The molecule has 9 heteroatoms. The van der Waals surface area contributed by atoms with Crippen LogP contribution >= 0.6 is 0 Å². The molecule has 0 bridgehead atoms. The summed E-state index contributed by atoms with van der Waals surface area (Å²) in [6, 6.07) is 0.409. The molecule has 1 atom stereocenters. The van der Waals surface area contributed by atoms with Gasteiger partial charge in [0.1, 0.15) is 11.0 Å². The van der Waals surface area contributed by atoms with Crippen molar-refractivity contribution in [2.24, 2.45) is 10.9 Å². The fourth-order valence-electron chi connectivity index (χ4n) is 3.75. The van der Waals surface area contributed by atoms with E-state index in [4.69, 9.17) is 19.8 Å². The number of aryl methyl sites for hydroxylation is 1. The number of fused-ring (bicyclic) bond motifs is 1. The average Bonchev–Trinajstić information content (AvgIpc) is 3.10. The largest absolute Gasteiger partial charge is 0.380 e. The number of rotatable bonds is 10. The maximum absolute atomic E-state index is 5.56. The summed E-state index contributed by atoms with van der Waals surface area (Å²) in [7, 11) is 0. The molecule has 2 aromatic rings. The molecule has 0 spiro atoms. The lowest BCUT2D eigenvalue weighted by Gasteiger charge is -2.35. The summed E-state index contributed by atoms with van der Waals surface area (Å²) >= 11 is 0. The van der Waals surface area contributed by atoms with Gasteiger partial charge in [0.25, 0.3) is 0 Å². The Hall–Kier alpha value is -2.78. The quantitative estimate of drug-likeness (QED) is 0.433. The summed E-state index contributed by atoms with van der Waals surface area (Å²) in [5.74, 6) is 2.01. The first-order valence-corrected chi connectivity index (χ1v) is 11.3.